The molecule has 2 rings (SSSR count). The van der Waals surface area contributed by atoms with E-state index in [9.17, 15) is 9.59 Å². The van der Waals surface area contributed by atoms with Crippen LogP contribution in [-0.4, -0.2) is 56.0 Å². The fourth-order valence-corrected chi connectivity index (χ4v) is 3.79. The Morgan fingerprint density at radius 2 is 1.86 bits per heavy atom. The molecule has 1 atom stereocenters. The monoisotopic (exact) mass is 410 g/mol. The third-order valence-electron chi connectivity index (χ3n) is 5.13. The molecule has 1 aromatic rings. The van der Waals surface area contributed by atoms with Gasteiger partial charge in [-0.2, -0.15) is 0 Å². The van der Waals surface area contributed by atoms with Crippen LogP contribution in [0.3, 0.4) is 0 Å². The molecule has 2 amide bonds. The first-order chi connectivity index (χ1) is 13.6. The predicted octanol–water partition coefficient (Wildman–Crippen LogP) is 3.29. The summed E-state index contributed by atoms with van der Waals surface area (Å²) in [5.41, 5.74) is 0.741. The van der Waals surface area contributed by atoms with Crippen molar-refractivity contribution >= 4 is 23.4 Å². The Kier molecular flexibility index (Phi) is 9.58. The van der Waals surface area contributed by atoms with Crippen molar-refractivity contribution < 1.29 is 19.1 Å². The van der Waals surface area contributed by atoms with Crippen molar-refractivity contribution in [2.24, 2.45) is 0 Å². The van der Waals surface area contributed by atoms with Crippen molar-refractivity contribution in [3.05, 3.63) is 29.8 Å². The summed E-state index contributed by atoms with van der Waals surface area (Å²) in [7, 11) is 3.21. The van der Waals surface area contributed by atoms with Crippen LogP contribution in [0.2, 0.25) is 0 Å². The lowest BCUT2D eigenvalue weighted by molar-refractivity contribution is -0.139. The van der Waals surface area contributed by atoms with Crippen molar-refractivity contribution in [2.75, 3.05) is 33.3 Å². The maximum absolute atomic E-state index is 13.3. The van der Waals surface area contributed by atoms with Crippen LogP contribution in [-0.2, 0) is 14.3 Å². The van der Waals surface area contributed by atoms with Crippen LogP contribution in [0.25, 0.3) is 0 Å². The van der Waals surface area contributed by atoms with Gasteiger partial charge in [-0.3, -0.25) is 9.59 Å². The van der Waals surface area contributed by atoms with Gasteiger partial charge in [-0.1, -0.05) is 31.4 Å². The molecule has 1 N–H and O–H groups in total. The first kappa shape index (κ1) is 22.5. The van der Waals surface area contributed by atoms with Gasteiger partial charge in [0.15, 0.2) is 0 Å². The molecule has 0 aliphatic heterocycles. The molecule has 0 aromatic heterocycles. The van der Waals surface area contributed by atoms with E-state index in [1.54, 1.807) is 31.3 Å². The van der Waals surface area contributed by atoms with Crippen LogP contribution in [0.1, 0.15) is 50.1 Å². The third kappa shape index (κ3) is 6.38. The van der Waals surface area contributed by atoms with E-state index in [4.69, 9.17) is 21.1 Å². The Hall–Kier alpha value is -1.79. The smallest absolute Gasteiger partial charge is 0.247 e. The molecule has 156 valence electrons. The lowest BCUT2D eigenvalue weighted by Gasteiger charge is -2.33. The first-order valence-corrected chi connectivity index (χ1v) is 10.4. The number of ether oxygens (including phenoxy) is 2. The number of amides is 2. The van der Waals surface area contributed by atoms with Gasteiger partial charge in [-0.05, 0) is 37.0 Å². The highest BCUT2D eigenvalue weighted by molar-refractivity contribution is 6.27. The van der Waals surface area contributed by atoms with Gasteiger partial charge in [0, 0.05) is 26.3 Å². The molecule has 0 bridgehead atoms. The van der Waals surface area contributed by atoms with Gasteiger partial charge < -0.3 is 19.7 Å². The molecule has 1 aliphatic carbocycles. The SMILES string of the molecule is COCCCN(C(=O)CCl)[C@H](C(=O)NC1CCCCC1)c1ccc(OC)cc1. The van der Waals surface area contributed by atoms with E-state index in [1.165, 1.54) is 6.42 Å². The minimum absolute atomic E-state index is 0.159. The van der Waals surface area contributed by atoms with E-state index in [0.29, 0.717) is 25.3 Å². The number of alkyl halides is 1. The third-order valence-corrected chi connectivity index (χ3v) is 5.35. The molecular formula is C21H31ClN2O4. The van der Waals surface area contributed by atoms with Gasteiger partial charge in [-0.15, -0.1) is 11.6 Å². The summed E-state index contributed by atoms with van der Waals surface area (Å²) in [6.07, 6.45) is 6.04. The number of hydrogen-bond donors (Lipinski definition) is 1. The minimum atomic E-state index is -0.726. The molecular weight excluding hydrogens is 380 g/mol. The number of halogens is 1. The Morgan fingerprint density at radius 3 is 2.43 bits per heavy atom. The van der Waals surface area contributed by atoms with E-state index in [-0.39, 0.29) is 23.7 Å². The van der Waals surface area contributed by atoms with Crippen molar-refractivity contribution in [1.29, 1.82) is 0 Å². The second-order valence-corrected chi connectivity index (χ2v) is 7.35. The van der Waals surface area contributed by atoms with E-state index < -0.39 is 6.04 Å². The second kappa shape index (κ2) is 11.9. The van der Waals surface area contributed by atoms with Crippen molar-refractivity contribution in [1.82, 2.24) is 10.2 Å². The second-order valence-electron chi connectivity index (χ2n) is 7.09. The largest absolute Gasteiger partial charge is 0.497 e. The lowest BCUT2D eigenvalue weighted by Crippen LogP contribution is -2.47. The summed E-state index contributed by atoms with van der Waals surface area (Å²) in [5, 5.41) is 3.16. The van der Waals surface area contributed by atoms with Gasteiger partial charge in [0.1, 0.15) is 17.7 Å². The molecule has 28 heavy (non-hydrogen) atoms. The Balaban J connectivity index is 2.27. The van der Waals surface area contributed by atoms with Crippen LogP contribution < -0.4 is 10.1 Å². The number of nitrogens with zero attached hydrogens (tertiary/aromatic N) is 1. The number of carbonyl (C=O) groups excluding carboxylic acids is 2. The van der Waals surface area contributed by atoms with Crippen LogP contribution in [0.5, 0.6) is 5.75 Å². The zero-order valence-corrected chi connectivity index (χ0v) is 17.5. The number of rotatable bonds is 10. The highest BCUT2D eigenvalue weighted by atomic mass is 35.5. The summed E-state index contributed by atoms with van der Waals surface area (Å²) in [5.74, 6) is 0.103. The molecule has 1 aliphatic rings. The zero-order chi connectivity index (χ0) is 20.4. The molecule has 7 heteroatoms. The fourth-order valence-electron chi connectivity index (χ4n) is 3.64. The standard InChI is InChI=1S/C21H31ClN2O4/c1-27-14-6-13-24(19(25)15-22)20(16-9-11-18(28-2)12-10-16)21(26)23-17-7-4-3-5-8-17/h9-12,17,20H,3-8,13-15H2,1-2H3,(H,23,26)/t20-/m0/s1. The Morgan fingerprint density at radius 1 is 1.18 bits per heavy atom. The van der Waals surface area contributed by atoms with Crippen molar-refractivity contribution in [3.8, 4) is 5.75 Å². The zero-order valence-electron chi connectivity index (χ0n) is 16.8. The number of methoxy groups -OCH3 is 2. The summed E-state index contributed by atoms with van der Waals surface area (Å²) < 4.78 is 10.3. The predicted molar refractivity (Wildman–Crippen MR) is 110 cm³/mol. The lowest BCUT2D eigenvalue weighted by atomic mass is 9.94. The van der Waals surface area contributed by atoms with Gasteiger partial charge in [0.25, 0.3) is 0 Å². The van der Waals surface area contributed by atoms with Crippen molar-refractivity contribution in [3.63, 3.8) is 0 Å². The number of carbonyl (C=O) groups is 2. The molecule has 1 saturated carbocycles. The molecule has 1 fully saturated rings. The summed E-state index contributed by atoms with van der Waals surface area (Å²) >= 11 is 5.86. The topological polar surface area (TPSA) is 67.9 Å². The Bertz CT molecular complexity index is 617. The normalized spacial score (nSPS) is 15.7. The molecule has 0 saturated heterocycles. The highest BCUT2D eigenvalue weighted by Gasteiger charge is 2.32. The van der Waals surface area contributed by atoms with Gasteiger partial charge in [0.2, 0.25) is 11.8 Å². The molecule has 0 unspecified atom stereocenters. The molecule has 0 heterocycles. The van der Waals surface area contributed by atoms with E-state index in [1.807, 2.05) is 12.1 Å². The average Bonchev–Trinajstić information content (AvgIpc) is 2.73. The molecule has 6 nitrogen and oxygen atoms in total. The minimum Gasteiger partial charge on any atom is -0.497 e. The summed E-state index contributed by atoms with van der Waals surface area (Å²) in [4.78, 5) is 27.4. The molecule has 1 aromatic carbocycles. The maximum atomic E-state index is 13.3. The summed E-state index contributed by atoms with van der Waals surface area (Å²) in [6, 6.07) is 6.69. The van der Waals surface area contributed by atoms with E-state index in [0.717, 1.165) is 31.2 Å². The van der Waals surface area contributed by atoms with Crippen LogP contribution in [0.4, 0.5) is 0 Å². The van der Waals surface area contributed by atoms with Gasteiger partial charge in [0.05, 0.1) is 7.11 Å². The summed E-state index contributed by atoms with van der Waals surface area (Å²) in [6.45, 7) is 0.903. The fraction of sp³-hybridized carbons (Fsp3) is 0.619. The quantitative estimate of drug-likeness (QED) is 0.474. The number of benzene rings is 1. The van der Waals surface area contributed by atoms with Crippen LogP contribution >= 0.6 is 11.6 Å². The number of hydrogen-bond acceptors (Lipinski definition) is 4. The highest BCUT2D eigenvalue weighted by Crippen LogP contribution is 2.26. The van der Waals surface area contributed by atoms with Crippen molar-refractivity contribution in [2.45, 2.75) is 50.6 Å². The van der Waals surface area contributed by atoms with E-state index in [2.05, 4.69) is 5.32 Å². The van der Waals surface area contributed by atoms with Crippen LogP contribution in [0.15, 0.2) is 24.3 Å². The van der Waals surface area contributed by atoms with Gasteiger partial charge in [-0.25, -0.2) is 0 Å². The first-order valence-electron chi connectivity index (χ1n) is 9.89. The average molecular weight is 411 g/mol. The number of nitrogens with one attached hydrogen (secondary N) is 1. The van der Waals surface area contributed by atoms with E-state index >= 15 is 0 Å². The maximum Gasteiger partial charge on any atom is 0.247 e. The molecule has 0 radical (unpaired) electrons. The Labute approximate surface area is 172 Å². The van der Waals surface area contributed by atoms with Gasteiger partial charge >= 0.3 is 0 Å². The molecule has 0 spiro atoms. The van der Waals surface area contributed by atoms with Crippen LogP contribution in [0, 0.1) is 0 Å².